The molecule has 0 radical (unpaired) electrons. The lowest BCUT2D eigenvalue weighted by atomic mass is 9.89. The van der Waals surface area contributed by atoms with Crippen LogP contribution >= 0.6 is 11.8 Å². The molecule has 1 heterocycles. The molecule has 1 unspecified atom stereocenters. The van der Waals surface area contributed by atoms with Gasteiger partial charge in [-0.05, 0) is 65.3 Å². The highest BCUT2D eigenvalue weighted by Gasteiger charge is 2.15. The molecule has 1 N–H and O–H groups in total. The average Bonchev–Trinajstić information content (AvgIpc) is 3.19. The number of thioether (sulfide) groups is 1. The van der Waals surface area contributed by atoms with E-state index in [1.165, 1.54) is 42.2 Å². The number of benzene rings is 2. The van der Waals surface area contributed by atoms with Gasteiger partial charge in [-0.15, -0.1) is 5.10 Å². The lowest BCUT2D eigenvalue weighted by molar-refractivity contribution is -0.119. The number of rotatable bonds is 7. The maximum Gasteiger partial charge on any atom is 0.230 e. The Morgan fingerprint density at radius 3 is 2.76 bits per heavy atom. The van der Waals surface area contributed by atoms with E-state index in [4.69, 9.17) is 0 Å². The summed E-state index contributed by atoms with van der Waals surface area (Å²) in [6.07, 6.45) is 4.85. The number of aryl methyl sites for hydroxylation is 2. The molecule has 0 saturated carbocycles. The summed E-state index contributed by atoms with van der Waals surface area (Å²) in [7, 11) is 0. The number of nitrogens with one attached hydrogen (secondary N) is 1. The van der Waals surface area contributed by atoms with Crippen LogP contribution < -0.4 is 5.32 Å². The van der Waals surface area contributed by atoms with E-state index in [0.717, 1.165) is 17.5 Å². The first-order chi connectivity index (χ1) is 14.2. The first-order valence-corrected chi connectivity index (χ1v) is 11.0. The number of hydrogen-bond acceptors (Lipinski definition) is 5. The predicted molar refractivity (Wildman–Crippen MR) is 114 cm³/mol. The third-order valence-corrected chi connectivity index (χ3v) is 6.21. The van der Waals surface area contributed by atoms with Crippen molar-refractivity contribution in [1.82, 2.24) is 25.5 Å². The molecule has 0 aliphatic heterocycles. The number of nitrogens with zero attached hydrogens (tertiary/aromatic N) is 4. The smallest absolute Gasteiger partial charge is 0.230 e. The molecular formula is C22H25N5OS. The minimum atomic E-state index is -0.0190. The van der Waals surface area contributed by atoms with Crippen LogP contribution in [0.3, 0.4) is 0 Å². The summed E-state index contributed by atoms with van der Waals surface area (Å²) in [5, 5.41) is 15.6. The van der Waals surface area contributed by atoms with Crippen molar-refractivity contribution in [2.75, 3.05) is 5.75 Å². The van der Waals surface area contributed by atoms with E-state index < -0.39 is 0 Å². The van der Waals surface area contributed by atoms with Crippen LogP contribution in [0.1, 0.15) is 48.1 Å². The number of carbonyl (C=O) groups excluding carboxylic acids is 1. The van der Waals surface area contributed by atoms with E-state index in [1.807, 2.05) is 37.3 Å². The van der Waals surface area contributed by atoms with E-state index in [9.17, 15) is 4.79 Å². The average molecular weight is 408 g/mol. The summed E-state index contributed by atoms with van der Waals surface area (Å²) in [5.41, 5.74) is 5.17. The SMILES string of the molecule is CC(NC(=O)CSc1nnnn1Cc1ccccc1)c1ccc2c(c1)CCCC2. The fourth-order valence-corrected chi connectivity index (χ4v) is 4.36. The van der Waals surface area contributed by atoms with E-state index in [-0.39, 0.29) is 17.7 Å². The minimum absolute atomic E-state index is 0.0179. The Bertz CT molecular complexity index is 972. The van der Waals surface area contributed by atoms with Gasteiger partial charge in [0, 0.05) is 0 Å². The standard InChI is InChI=1S/C22H25N5OS/c1-16(19-12-11-18-9-5-6-10-20(18)13-19)23-21(28)15-29-22-24-25-26-27(22)14-17-7-3-2-4-8-17/h2-4,7-8,11-13,16H,5-6,9-10,14-15H2,1H3,(H,23,28). The molecule has 1 aromatic heterocycles. The molecular weight excluding hydrogens is 382 g/mol. The topological polar surface area (TPSA) is 72.7 Å². The molecule has 0 spiro atoms. The second kappa shape index (κ2) is 9.22. The highest BCUT2D eigenvalue weighted by atomic mass is 32.2. The van der Waals surface area contributed by atoms with Crippen LogP contribution in [-0.4, -0.2) is 31.9 Å². The molecule has 0 bridgehead atoms. The molecule has 0 saturated heterocycles. The largest absolute Gasteiger partial charge is 0.349 e. The number of aromatic nitrogens is 4. The van der Waals surface area contributed by atoms with Gasteiger partial charge in [0.1, 0.15) is 0 Å². The monoisotopic (exact) mass is 407 g/mol. The first-order valence-electron chi connectivity index (χ1n) is 10.0. The molecule has 2 aromatic carbocycles. The van der Waals surface area contributed by atoms with Gasteiger partial charge >= 0.3 is 0 Å². The third kappa shape index (κ3) is 5.03. The van der Waals surface area contributed by atoms with Gasteiger partial charge in [-0.3, -0.25) is 4.79 Å². The summed E-state index contributed by atoms with van der Waals surface area (Å²) in [6, 6.07) is 16.6. The number of fused-ring (bicyclic) bond motifs is 1. The maximum atomic E-state index is 12.5. The van der Waals surface area contributed by atoms with Crippen LogP contribution in [0.4, 0.5) is 0 Å². The Labute approximate surface area is 175 Å². The molecule has 4 rings (SSSR count). The predicted octanol–water partition coefficient (Wildman–Crippen LogP) is 3.57. The summed E-state index contributed by atoms with van der Waals surface area (Å²) in [6.45, 7) is 2.62. The zero-order valence-electron chi connectivity index (χ0n) is 16.5. The van der Waals surface area contributed by atoms with Gasteiger partial charge in [0.15, 0.2) is 0 Å². The van der Waals surface area contributed by atoms with Gasteiger partial charge in [-0.25, -0.2) is 4.68 Å². The van der Waals surface area contributed by atoms with E-state index in [0.29, 0.717) is 11.7 Å². The Morgan fingerprint density at radius 1 is 1.14 bits per heavy atom. The molecule has 1 atom stereocenters. The summed E-state index contributed by atoms with van der Waals surface area (Å²) < 4.78 is 1.72. The summed E-state index contributed by atoms with van der Waals surface area (Å²) in [5.74, 6) is 0.263. The van der Waals surface area contributed by atoms with Gasteiger partial charge in [-0.1, -0.05) is 60.3 Å². The fourth-order valence-electron chi connectivity index (χ4n) is 3.67. The maximum absolute atomic E-state index is 12.5. The van der Waals surface area contributed by atoms with E-state index >= 15 is 0 Å². The number of tetrazole rings is 1. The zero-order chi connectivity index (χ0) is 20.1. The van der Waals surface area contributed by atoms with Gasteiger partial charge < -0.3 is 5.32 Å². The molecule has 6 nitrogen and oxygen atoms in total. The quantitative estimate of drug-likeness (QED) is 0.606. The van der Waals surface area contributed by atoms with Crippen molar-refractivity contribution < 1.29 is 4.79 Å². The van der Waals surface area contributed by atoms with Crippen LogP contribution in [-0.2, 0) is 24.2 Å². The second-order valence-electron chi connectivity index (χ2n) is 7.42. The Balaban J connectivity index is 1.32. The number of hydrogen-bond donors (Lipinski definition) is 1. The molecule has 0 fully saturated rings. The van der Waals surface area contributed by atoms with Gasteiger partial charge in [0.05, 0.1) is 18.3 Å². The van der Waals surface area contributed by atoms with Crippen LogP contribution in [0.25, 0.3) is 0 Å². The lowest BCUT2D eigenvalue weighted by Crippen LogP contribution is -2.28. The normalized spacial score (nSPS) is 14.2. The van der Waals surface area contributed by atoms with Crippen LogP contribution in [0, 0.1) is 0 Å². The molecule has 3 aromatic rings. The van der Waals surface area contributed by atoms with Crippen LogP contribution in [0.15, 0.2) is 53.7 Å². The minimum Gasteiger partial charge on any atom is -0.349 e. The van der Waals surface area contributed by atoms with E-state index in [1.54, 1.807) is 4.68 Å². The van der Waals surface area contributed by atoms with Crippen molar-refractivity contribution in [2.45, 2.75) is 50.4 Å². The molecule has 1 aliphatic rings. The summed E-state index contributed by atoms with van der Waals surface area (Å²) in [4.78, 5) is 12.5. The lowest BCUT2D eigenvalue weighted by Gasteiger charge is -2.20. The highest BCUT2D eigenvalue weighted by molar-refractivity contribution is 7.99. The molecule has 29 heavy (non-hydrogen) atoms. The number of amides is 1. The van der Waals surface area contributed by atoms with Gasteiger partial charge in [-0.2, -0.15) is 0 Å². The zero-order valence-corrected chi connectivity index (χ0v) is 17.4. The Kier molecular flexibility index (Phi) is 6.24. The van der Waals surface area contributed by atoms with Gasteiger partial charge in [0.2, 0.25) is 11.1 Å². The van der Waals surface area contributed by atoms with Crippen LogP contribution in [0.2, 0.25) is 0 Å². The number of carbonyl (C=O) groups is 1. The molecule has 1 aliphatic carbocycles. The molecule has 1 amide bonds. The fraction of sp³-hybridized carbons (Fsp3) is 0.364. The second-order valence-corrected chi connectivity index (χ2v) is 8.36. The molecule has 150 valence electrons. The van der Waals surface area contributed by atoms with Crippen LogP contribution in [0.5, 0.6) is 0 Å². The highest BCUT2D eigenvalue weighted by Crippen LogP contribution is 2.25. The van der Waals surface area contributed by atoms with Crippen molar-refractivity contribution in [2.24, 2.45) is 0 Å². The summed E-state index contributed by atoms with van der Waals surface area (Å²) >= 11 is 1.36. The Morgan fingerprint density at radius 2 is 1.93 bits per heavy atom. The van der Waals surface area contributed by atoms with Crippen molar-refractivity contribution >= 4 is 17.7 Å². The van der Waals surface area contributed by atoms with Crippen molar-refractivity contribution in [3.8, 4) is 0 Å². The van der Waals surface area contributed by atoms with Crippen molar-refractivity contribution in [3.05, 3.63) is 70.8 Å². The van der Waals surface area contributed by atoms with E-state index in [2.05, 4.69) is 39.0 Å². The first kappa shape index (κ1) is 19.6. The van der Waals surface area contributed by atoms with Crippen molar-refractivity contribution in [1.29, 1.82) is 0 Å². The van der Waals surface area contributed by atoms with Gasteiger partial charge in [0.25, 0.3) is 0 Å². The van der Waals surface area contributed by atoms with Crippen molar-refractivity contribution in [3.63, 3.8) is 0 Å². The molecule has 7 heteroatoms. The third-order valence-electron chi connectivity index (χ3n) is 5.26. The Hall–Kier alpha value is -2.67.